The normalized spacial score (nSPS) is 14.3. The first kappa shape index (κ1) is 21.1. The van der Waals surface area contributed by atoms with Gasteiger partial charge < -0.3 is 19.7 Å². The van der Waals surface area contributed by atoms with E-state index in [1.54, 1.807) is 0 Å². The second kappa shape index (κ2) is 10.9. The van der Waals surface area contributed by atoms with Gasteiger partial charge in [0.15, 0.2) is 0 Å². The number of nitrogens with zero attached hydrogens (tertiary/aromatic N) is 1. The molecule has 0 atom stereocenters. The smallest absolute Gasteiger partial charge is 0.414 e. The molecule has 1 fully saturated rings. The van der Waals surface area contributed by atoms with Gasteiger partial charge in [-0.2, -0.15) is 0 Å². The Hall–Kier alpha value is -2.16. The summed E-state index contributed by atoms with van der Waals surface area (Å²) in [4.78, 5) is 20.6. The molecule has 2 aromatic carbocycles. The number of fused-ring (bicyclic) bond motifs is 1. The second-order valence-corrected chi connectivity index (χ2v) is 6.66. The van der Waals surface area contributed by atoms with Gasteiger partial charge in [0, 0.05) is 19.6 Å². The summed E-state index contributed by atoms with van der Waals surface area (Å²) >= 11 is 3.66. The van der Waals surface area contributed by atoms with Crippen LogP contribution in [0.25, 0.3) is 10.8 Å². The third kappa shape index (κ3) is 6.82. The number of aliphatic carboxylic acids is 2. The van der Waals surface area contributed by atoms with Gasteiger partial charge in [-0.15, -0.1) is 0 Å². The van der Waals surface area contributed by atoms with E-state index in [4.69, 9.17) is 29.3 Å². The number of carboxylic acid groups (broad SMARTS) is 2. The van der Waals surface area contributed by atoms with Crippen LogP contribution >= 0.6 is 15.9 Å². The molecule has 0 spiro atoms. The topological polar surface area (TPSA) is 96.3 Å². The molecule has 1 aliphatic rings. The van der Waals surface area contributed by atoms with Crippen molar-refractivity contribution in [3.05, 3.63) is 40.9 Å². The molecule has 0 saturated carbocycles. The Kier molecular flexibility index (Phi) is 8.50. The van der Waals surface area contributed by atoms with Gasteiger partial charge in [-0.1, -0.05) is 30.3 Å². The Labute approximate surface area is 165 Å². The quantitative estimate of drug-likeness (QED) is 0.545. The number of carbonyl (C=O) groups is 2. The standard InChI is InChI=1S/C17H20BrNO2.C2H2O4/c18-17-15-5-2-1-4-14(15)6-7-16(17)21-11-3-8-19-9-12-20-13-10-19;3-1(4)2(5)6/h1-2,4-7H,3,8-13H2;(H,3,4)(H,5,6). The third-order valence-corrected chi connectivity index (χ3v) is 4.81. The lowest BCUT2D eigenvalue weighted by atomic mass is 10.1. The Balaban J connectivity index is 0.000000380. The SMILES string of the molecule is Brc1c(OCCCN2CCOCC2)ccc2ccccc12.O=C(O)C(=O)O. The van der Waals surface area contributed by atoms with Crippen molar-refractivity contribution >= 4 is 38.6 Å². The molecular formula is C19H22BrNO6. The maximum Gasteiger partial charge on any atom is 0.414 e. The number of morpholine rings is 1. The predicted molar refractivity (Wildman–Crippen MR) is 104 cm³/mol. The van der Waals surface area contributed by atoms with E-state index in [0.717, 1.165) is 56.1 Å². The van der Waals surface area contributed by atoms with E-state index < -0.39 is 11.9 Å². The maximum absolute atomic E-state index is 9.10. The molecule has 0 aromatic heterocycles. The van der Waals surface area contributed by atoms with Crippen LogP contribution in [0.1, 0.15) is 6.42 Å². The fourth-order valence-electron chi connectivity index (χ4n) is 2.62. The Morgan fingerprint density at radius 3 is 2.41 bits per heavy atom. The highest BCUT2D eigenvalue weighted by atomic mass is 79.9. The average molecular weight is 440 g/mol. The summed E-state index contributed by atoms with van der Waals surface area (Å²) in [5, 5.41) is 17.2. The maximum atomic E-state index is 9.10. The number of carboxylic acids is 2. The molecule has 8 heteroatoms. The molecule has 1 saturated heterocycles. The van der Waals surface area contributed by atoms with Crippen LogP contribution in [-0.2, 0) is 14.3 Å². The molecule has 0 amide bonds. The molecule has 146 valence electrons. The van der Waals surface area contributed by atoms with Crippen LogP contribution in [0.2, 0.25) is 0 Å². The fourth-order valence-corrected chi connectivity index (χ4v) is 3.23. The van der Waals surface area contributed by atoms with Crippen LogP contribution < -0.4 is 4.74 Å². The first-order chi connectivity index (χ1) is 13.0. The number of benzene rings is 2. The highest BCUT2D eigenvalue weighted by Gasteiger charge is 2.10. The third-order valence-electron chi connectivity index (χ3n) is 3.99. The Bertz CT molecular complexity index is 764. The number of hydrogen-bond donors (Lipinski definition) is 2. The Morgan fingerprint density at radius 1 is 1.07 bits per heavy atom. The molecular weight excluding hydrogens is 418 g/mol. The Morgan fingerprint density at radius 2 is 1.74 bits per heavy atom. The van der Waals surface area contributed by atoms with Crippen LogP contribution in [0.15, 0.2) is 40.9 Å². The molecule has 0 unspecified atom stereocenters. The van der Waals surface area contributed by atoms with Gasteiger partial charge in [0.25, 0.3) is 0 Å². The highest BCUT2D eigenvalue weighted by molar-refractivity contribution is 9.10. The van der Waals surface area contributed by atoms with Crippen LogP contribution in [0.4, 0.5) is 0 Å². The van der Waals surface area contributed by atoms with E-state index in [-0.39, 0.29) is 0 Å². The number of ether oxygens (including phenoxy) is 2. The predicted octanol–water partition coefficient (Wildman–Crippen LogP) is 2.86. The van der Waals surface area contributed by atoms with Crippen LogP contribution in [0.3, 0.4) is 0 Å². The summed E-state index contributed by atoms with van der Waals surface area (Å²) < 4.78 is 12.3. The van der Waals surface area contributed by atoms with Crippen molar-refractivity contribution in [1.29, 1.82) is 0 Å². The van der Waals surface area contributed by atoms with Gasteiger partial charge >= 0.3 is 11.9 Å². The van der Waals surface area contributed by atoms with E-state index in [0.29, 0.717) is 0 Å². The summed E-state index contributed by atoms with van der Waals surface area (Å²) in [6, 6.07) is 12.5. The molecule has 0 bridgehead atoms. The number of halogens is 1. The largest absolute Gasteiger partial charge is 0.492 e. The summed E-state index contributed by atoms with van der Waals surface area (Å²) in [6.45, 7) is 5.62. The van der Waals surface area contributed by atoms with Gasteiger partial charge in [0.1, 0.15) is 5.75 Å². The van der Waals surface area contributed by atoms with E-state index in [9.17, 15) is 0 Å². The van der Waals surface area contributed by atoms with Crippen molar-refractivity contribution in [1.82, 2.24) is 4.90 Å². The highest BCUT2D eigenvalue weighted by Crippen LogP contribution is 2.33. The summed E-state index contributed by atoms with van der Waals surface area (Å²) in [7, 11) is 0. The number of hydrogen-bond acceptors (Lipinski definition) is 5. The van der Waals surface area contributed by atoms with E-state index in [1.807, 2.05) is 6.07 Å². The van der Waals surface area contributed by atoms with Crippen molar-refractivity contribution in [3.8, 4) is 5.75 Å². The molecule has 1 heterocycles. The molecule has 1 aliphatic heterocycles. The van der Waals surface area contributed by atoms with Gasteiger partial charge in [-0.25, -0.2) is 9.59 Å². The van der Waals surface area contributed by atoms with Gasteiger partial charge in [-0.05, 0) is 39.2 Å². The minimum Gasteiger partial charge on any atom is -0.492 e. The summed E-state index contributed by atoms with van der Waals surface area (Å²) in [6.07, 6.45) is 1.04. The molecule has 7 nitrogen and oxygen atoms in total. The van der Waals surface area contributed by atoms with Crippen LogP contribution in [0, 0.1) is 0 Å². The summed E-state index contributed by atoms with van der Waals surface area (Å²) in [5.41, 5.74) is 0. The lowest BCUT2D eigenvalue weighted by molar-refractivity contribution is -0.159. The van der Waals surface area contributed by atoms with Crippen molar-refractivity contribution in [2.75, 3.05) is 39.5 Å². The zero-order valence-corrected chi connectivity index (χ0v) is 16.4. The lowest BCUT2D eigenvalue weighted by Crippen LogP contribution is -2.37. The molecule has 0 radical (unpaired) electrons. The lowest BCUT2D eigenvalue weighted by Gasteiger charge is -2.26. The van der Waals surface area contributed by atoms with Gasteiger partial charge in [-0.3, -0.25) is 4.90 Å². The minimum atomic E-state index is -1.82. The van der Waals surface area contributed by atoms with Crippen LogP contribution in [-0.4, -0.2) is 66.5 Å². The molecule has 0 aliphatic carbocycles. The first-order valence-corrected chi connectivity index (χ1v) is 9.34. The van der Waals surface area contributed by atoms with Crippen LogP contribution in [0.5, 0.6) is 5.75 Å². The zero-order valence-electron chi connectivity index (χ0n) is 14.8. The number of rotatable bonds is 5. The van der Waals surface area contributed by atoms with Gasteiger partial charge in [0.2, 0.25) is 0 Å². The van der Waals surface area contributed by atoms with E-state index in [2.05, 4.69) is 51.2 Å². The molecule has 2 N–H and O–H groups in total. The van der Waals surface area contributed by atoms with E-state index >= 15 is 0 Å². The van der Waals surface area contributed by atoms with Crippen molar-refractivity contribution < 1.29 is 29.3 Å². The van der Waals surface area contributed by atoms with E-state index in [1.165, 1.54) is 10.8 Å². The second-order valence-electron chi connectivity index (χ2n) is 5.87. The van der Waals surface area contributed by atoms with Crippen molar-refractivity contribution in [2.45, 2.75) is 6.42 Å². The van der Waals surface area contributed by atoms with Crippen molar-refractivity contribution in [3.63, 3.8) is 0 Å². The zero-order chi connectivity index (χ0) is 19.6. The van der Waals surface area contributed by atoms with Crippen molar-refractivity contribution in [2.24, 2.45) is 0 Å². The summed E-state index contributed by atoms with van der Waals surface area (Å²) in [5.74, 6) is -2.72. The molecule has 2 aromatic rings. The molecule has 27 heavy (non-hydrogen) atoms. The van der Waals surface area contributed by atoms with Gasteiger partial charge in [0.05, 0.1) is 24.3 Å². The molecule has 3 rings (SSSR count). The first-order valence-electron chi connectivity index (χ1n) is 8.55. The minimum absolute atomic E-state index is 0.744. The monoisotopic (exact) mass is 439 g/mol. The average Bonchev–Trinajstić information content (AvgIpc) is 2.68. The fraction of sp³-hybridized carbons (Fsp3) is 0.368.